The van der Waals surface area contributed by atoms with Crippen molar-refractivity contribution in [2.24, 2.45) is 0 Å². The van der Waals surface area contributed by atoms with Crippen LogP contribution in [0, 0.1) is 0 Å². The highest BCUT2D eigenvalue weighted by atomic mass is 16.5. The van der Waals surface area contributed by atoms with Crippen LogP contribution in [0.25, 0.3) is 0 Å². The van der Waals surface area contributed by atoms with E-state index in [2.05, 4.69) is 26.1 Å². The Labute approximate surface area is 106 Å². The predicted molar refractivity (Wildman–Crippen MR) is 71.4 cm³/mol. The first-order valence-electron chi connectivity index (χ1n) is 6.97. The summed E-state index contributed by atoms with van der Waals surface area (Å²) in [7, 11) is 1.77. The van der Waals surface area contributed by atoms with E-state index in [1.807, 2.05) is 0 Å². The molecule has 1 saturated heterocycles. The molecule has 102 valence electrons. The molecule has 1 aliphatic rings. The normalized spacial score (nSPS) is 25.1. The second-order valence-corrected chi connectivity index (χ2v) is 5.72. The number of rotatable bonds is 8. The lowest BCUT2D eigenvalue weighted by molar-refractivity contribution is -0.0206. The Kier molecular flexibility index (Phi) is 6.45. The van der Waals surface area contributed by atoms with Crippen molar-refractivity contribution >= 4 is 0 Å². The van der Waals surface area contributed by atoms with Gasteiger partial charge in [0.2, 0.25) is 0 Å². The van der Waals surface area contributed by atoms with Gasteiger partial charge in [0.25, 0.3) is 0 Å². The quantitative estimate of drug-likeness (QED) is 0.711. The molecule has 1 aliphatic heterocycles. The molecule has 2 atom stereocenters. The van der Waals surface area contributed by atoms with Gasteiger partial charge in [-0.3, -0.25) is 0 Å². The average Bonchev–Trinajstić information content (AvgIpc) is 2.62. The minimum absolute atomic E-state index is 0.0955. The average molecular weight is 243 g/mol. The van der Waals surface area contributed by atoms with E-state index < -0.39 is 0 Å². The van der Waals surface area contributed by atoms with Crippen molar-refractivity contribution in [3.8, 4) is 0 Å². The first-order valence-corrected chi connectivity index (χ1v) is 6.97. The summed E-state index contributed by atoms with van der Waals surface area (Å²) in [6.45, 7) is 8.45. The summed E-state index contributed by atoms with van der Waals surface area (Å²) in [6, 6.07) is 0.479. The van der Waals surface area contributed by atoms with Crippen molar-refractivity contribution in [1.29, 1.82) is 0 Å². The molecule has 0 saturated carbocycles. The van der Waals surface area contributed by atoms with Crippen LogP contribution in [-0.4, -0.2) is 38.0 Å². The van der Waals surface area contributed by atoms with Crippen molar-refractivity contribution in [3.63, 3.8) is 0 Å². The topological polar surface area (TPSA) is 30.5 Å². The van der Waals surface area contributed by atoms with Crippen molar-refractivity contribution in [3.05, 3.63) is 0 Å². The van der Waals surface area contributed by atoms with E-state index in [1.54, 1.807) is 7.11 Å². The number of hydrogen-bond donors (Lipinski definition) is 1. The van der Waals surface area contributed by atoms with Gasteiger partial charge in [0.05, 0.1) is 18.3 Å². The van der Waals surface area contributed by atoms with E-state index in [9.17, 15) is 0 Å². The van der Waals surface area contributed by atoms with Gasteiger partial charge >= 0.3 is 0 Å². The molecule has 3 heteroatoms. The molecule has 2 unspecified atom stereocenters. The number of ether oxygens (including phenoxy) is 2. The molecule has 0 bridgehead atoms. The van der Waals surface area contributed by atoms with E-state index in [0.717, 1.165) is 26.0 Å². The Morgan fingerprint density at radius 3 is 2.76 bits per heavy atom. The van der Waals surface area contributed by atoms with Crippen molar-refractivity contribution < 1.29 is 9.47 Å². The van der Waals surface area contributed by atoms with Gasteiger partial charge in [-0.25, -0.2) is 0 Å². The Morgan fingerprint density at radius 1 is 1.47 bits per heavy atom. The number of methoxy groups -OCH3 is 1. The summed E-state index contributed by atoms with van der Waals surface area (Å²) in [5, 5.41) is 3.53. The van der Waals surface area contributed by atoms with Crippen LogP contribution in [0.4, 0.5) is 0 Å². The predicted octanol–water partition coefficient (Wildman–Crippen LogP) is 2.74. The third-order valence-electron chi connectivity index (χ3n) is 3.44. The van der Waals surface area contributed by atoms with Crippen LogP contribution < -0.4 is 5.32 Å². The monoisotopic (exact) mass is 243 g/mol. The molecule has 0 spiro atoms. The van der Waals surface area contributed by atoms with E-state index in [1.165, 1.54) is 19.3 Å². The summed E-state index contributed by atoms with van der Waals surface area (Å²) < 4.78 is 11.3. The van der Waals surface area contributed by atoms with Crippen LogP contribution in [0.2, 0.25) is 0 Å². The lowest BCUT2D eigenvalue weighted by Crippen LogP contribution is -2.34. The molecule has 0 aliphatic carbocycles. The fraction of sp³-hybridized carbons (Fsp3) is 1.00. The second-order valence-electron chi connectivity index (χ2n) is 5.72. The maximum absolute atomic E-state index is 6.01. The Bertz CT molecular complexity index is 206. The van der Waals surface area contributed by atoms with E-state index in [0.29, 0.717) is 12.1 Å². The Morgan fingerprint density at radius 2 is 2.24 bits per heavy atom. The molecule has 1 fully saturated rings. The second kappa shape index (κ2) is 7.34. The maximum atomic E-state index is 6.01. The van der Waals surface area contributed by atoms with E-state index >= 15 is 0 Å². The molecule has 1 N–H and O–H groups in total. The van der Waals surface area contributed by atoms with Gasteiger partial charge < -0.3 is 14.8 Å². The zero-order valence-corrected chi connectivity index (χ0v) is 11.9. The molecule has 3 nitrogen and oxygen atoms in total. The van der Waals surface area contributed by atoms with Gasteiger partial charge in [-0.1, -0.05) is 6.92 Å². The number of hydrogen-bond acceptors (Lipinski definition) is 3. The Hall–Kier alpha value is -0.120. The van der Waals surface area contributed by atoms with E-state index in [-0.39, 0.29) is 5.60 Å². The minimum Gasteiger partial charge on any atom is -0.383 e. The Balaban J connectivity index is 2.22. The summed E-state index contributed by atoms with van der Waals surface area (Å²) in [6.07, 6.45) is 6.32. The molecule has 0 aromatic carbocycles. The third kappa shape index (κ3) is 5.84. The lowest BCUT2D eigenvalue weighted by Gasteiger charge is -2.22. The highest BCUT2D eigenvalue weighted by Gasteiger charge is 2.31. The van der Waals surface area contributed by atoms with Crippen molar-refractivity contribution in [1.82, 2.24) is 5.32 Å². The summed E-state index contributed by atoms with van der Waals surface area (Å²) in [5.74, 6) is 0. The highest BCUT2D eigenvalue weighted by molar-refractivity contribution is 4.81. The molecule has 1 rings (SSSR count). The molecular formula is C14H29NO2. The summed E-state index contributed by atoms with van der Waals surface area (Å²) in [4.78, 5) is 0. The largest absolute Gasteiger partial charge is 0.383 e. The fourth-order valence-electron chi connectivity index (χ4n) is 2.46. The summed E-state index contributed by atoms with van der Waals surface area (Å²) in [5.41, 5.74) is 0.0955. The zero-order chi connectivity index (χ0) is 12.7. The smallest absolute Gasteiger partial charge is 0.0631 e. The van der Waals surface area contributed by atoms with Gasteiger partial charge in [-0.15, -0.1) is 0 Å². The number of nitrogens with one attached hydrogen (secondary N) is 1. The molecule has 0 aromatic heterocycles. The van der Waals surface area contributed by atoms with Crippen LogP contribution >= 0.6 is 0 Å². The van der Waals surface area contributed by atoms with Crippen LogP contribution in [0.5, 0.6) is 0 Å². The standard InChI is InChI=1S/C14H29NO2/c1-5-10-15-12(11-16-4)6-7-13-8-9-14(2,3)17-13/h12-13,15H,5-11H2,1-4H3. The van der Waals surface area contributed by atoms with Gasteiger partial charge in [0.1, 0.15) is 0 Å². The van der Waals surface area contributed by atoms with Crippen LogP contribution in [-0.2, 0) is 9.47 Å². The lowest BCUT2D eigenvalue weighted by atomic mass is 10.0. The van der Waals surface area contributed by atoms with Gasteiger partial charge in [0, 0.05) is 13.2 Å². The third-order valence-corrected chi connectivity index (χ3v) is 3.44. The van der Waals surface area contributed by atoms with Crippen LogP contribution in [0.1, 0.15) is 52.9 Å². The SMILES string of the molecule is CCCNC(CCC1CCC(C)(C)O1)COC. The zero-order valence-electron chi connectivity index (χ0n) is 11.9. The minimum atomic E-state index is 0.0955. The van der Waals surface area contributed by atoms with E-state index in [4.69, 9.17) is 9.47 Å². The van der Waals surface area contributed by atoms with Crippen LogP contribution in [0.3, 0.4) is 0 Å². The first-order chi connectivity index (χ1) is 8.07. The maximum Gasteiger partial charge on any atom is 0.0631 e. The van der Waals surface area contributed by atoms with Crippen LogP contribution in [0.15, 0.2) is 0 Å². The van der Waals surface area contributed by atoms with Crippen molar-refractivity contribution in [2.45, 2.75) is 70.6 Å². The molecule has 1 heterocycles. The highest BCUT2D eigenvalue weighted by Crippen LogP contribution is 2.31. The molecule has 17 heavy (non-hydrogen) atoms. The molecule has 0 radical (unpaired) electrons. The van der Waals surface area contributed by atoms with Gasteiger partial charge in [0.15, 0.2) is 0 Å². The first kappa shape index (κ1) is 14.9. The van der Waals surface area contributed by atoms with Crippen molar-refractivity contribution in [2.75, 3.05) is 20.3 Å². The molecule has 0 amide bonds. The van der Waals surface area contributed by atoms with Gasteiger partial charge in [-0.2, -0.15) is 0 Å². The van der Waals surface area contributed by atoms with Gasteiger partial charge in [-0.05, 0) is 52.5 Å². The molecule has 0 aromatic rings. The summed E-state index contributed by atoms with van der Waals surface area (Å²) >= 11 is 0. The molecular weight excluding hydrogens is 214 g/mol. The fourth-order valence-corrected chi connectivity index (χ4v) is 2.46.